The fourth-order valence-corrected chi connectivity index (χ4v) is 2.67. The van der Waals surface area contributed by atoms with Gasteiger partial charge < -0.3 is 18.9 Å². The van der Waals surface area contributed by atoms with E-state index in [1.165, 1.54) is 7.11 Å². The molecule has 1 fully saturated rings. The van der Waals surface area contributed by atoms with Crippen molar-refractivity contribution in [1.82, 2.24) is 0 Å². The summed E-state index contributed by atoms with van der Waals surface area (Å²) in [5.74, 6) is -1.28. The van der Waals surface area contributed by atoms with Crippen LogP contribution in [0.4, 0.5) is 0 Å². The molecule has 148 valence electrons. The summed E-state index contributed by atoms with van der Waals surface area (Å²) in [5, 5.41) is 0. The SMILES string of the molecule is [2H]C1([2H])[C@H](OC)O[C@H](COC(=O)c2ccc(C)cc2)[C@H]1OC(=O)c1ccc(C)cc1. The lowest BCUT2D eigenvalue weighted by Crippen LogP contribution is -2.32. The average Bonchev–Trinajstić information content (AvgIpc) is 2.96. The van der Waals surface area contributed by atoms with Crippen LogP contribution in [0.25, 0.3) is 0 Å². The number of hydrogen-bond donors (Lipinski definition) is 0. The molecule has 0 N–H and O–H groups in total. The third kappa shape index (κ3) is 4.97. The normalized spacial score (nSPS) is 24.2. The van der Waals surface area contributed by atoms with Crippen LogP contribution >= 0.6 is 0 Å². The maximum Gasteiger partial charge on any atom is 0.338 e. The van der Waals surface area contributed by atoms with Crippen LogP contribution < -0.4 is 0 Å². The maximum atomic E-state index is 12.5. The molecule has 0 unspecified atom stereocenters. The van der Waals surface area contributed by atoms with Crippen LogP contribution in [-0.4, -0.2) is 44.2 Å². The molecule has 0 aliphatic carbocycles. The Balaban J connectivity index is 1.72. The topological polar surface area (TPSA) is 71.1 Å². The lowest BCUT2D eigenvalue weighted by Gasteiger charge is -2.19. The number of carbonyl (C=O) groups excluding carboxylic acids is 2. The van der Waals surface area contributed by atoms with E-state index in [0.717, 1.165) is 11.1 Å². The minimum Gasteiger partial charge on any atom is -0.459 e. The van der Waals surface area contributed by atoms with Crippen LogP contribution in [0, 0.1) is 13.8 Å². The van der Waals surface area contributed by atoms with Gasteiger partial charge in [-0.05, 0) is 38.1 Å². The lowest BCUT2D eigenvalue weighted by molar-refractivity contribution is -0.128. The van der Waals surface area contributed by atoms with Gasteiger partial charge in [-0.15, -0.1) is 0 Å². The summed E-state index contributed by atoms with van der Waals surface area (Å²) in [5.41, 5.74) is 2.63. The van der Waals surface area contributed by atoms with E-state index in [-0.39, 0.29) is 12.2 Å². The minimum atomic E-state index is -2.13. The lowest BCUT2D eigenvalue weighted by atomic mass is 10.1. The van der Waals surface area contributed by atoms with Gasteiger partial charge in [0.15, 0.2) is 6.29 Å². The van der Waals surface area contributed by atoms with Crippen LogP contribution in [0.1, 0.15) is 41.0 Å². The molecule has 1 heterocycles. The largest absolute Gasteiger partial charge is 0.459 e. The van der Waals surface area contributed by atoms with Gasteiger partial charge in [0.05, 0.1) is 11.1 Å². The molecule has 1 aliphatic rings. The number of aryl methyl sites for hydroxylation is 2. The van der Waals surface area contributed by atoms with Crippen molar-refractivity contribution in [2.75, 3.05) is 13.7 Å². The first kappa shape index (κ1) is 17.4. The van der Waals surface area contributed by atoms with Crippen LogP contribution in [-0.2, 0) is 18.9 Å². The summed E-state index contributed by atoms with van der Waals surface area (Å²) in [6, 6.07) is 13.6. The molecule has 0 spiro atoms. The highest BCUT2D eigenvalue weighted by Gasteiger charge is 2.39. The molecule has 28 heavy (non-hydrogen) atoms. The summed E-state index contributed by atoms with van der Waals surface area (Å²) in [4.78, 5) is 24.8. The Hall–Kier alpha value is -2.70. The quantitative estimate of drug-likeness (QED) is 0.708. The molecule has 0 amide bonds. The number of hydrogen-bond acceptors (Lipinski definition) is 6. The predicted molar refractivity (Wildman–Crippen MR) is 102 cm³/mol. The number of rotatable bonds is 6. The van der Waals surface area contributed by atoms with E-state index in [9.17, 15) is 9.59 Å². The second kappa shape index (κ2) is 8.99. The summed E-state index contributed by atoms with van der Waals surface area (Å²) in [7, 11) is 1.29. The molecular weight excluding hydrogens is 360 g/mol. The van der Waals surface area contributed by atoms with E-state index in [4.69, 9.17) is 21.7 Å². The second-order valence-corrected chi connectivity index (χ2v) is 6.57. The van der Waals surface area contributed by atoms with Crippen LogP contribution in [0.15, 0.2) is 48.5 Å². The van der Waals surface area contributed by atoms with Gasteiger partial charge in [0.25, 0.3) is 0 Å². The molecule has 0 bridgehead atoms. The molecule has 2 aromatic rings. The predicted octanol–water partition coefficient (Wildman–Crippen LogP) is 3.45. The standard InChI is InChI=1S/C22H24O6/c1-14-4-8-16(9-5-14)21(23)26-13-19-18(12-20(25-3)27-19)28-22(24)17-10-6-15(2)7-11-17/h4-11,18-20H,12-13H2,1-3H3/t18-,19+,20+/m0/s1/i12D2. The number of esters is 2. The van der Waals surface area contributed by atoms with Crippen molar-refractivity contribution in [2.24, 2.45) is 0 Å². The third-order valence-electron chi connectivity index (χ3n) is 4.34. The molecule has 6 heteroatoms. The first-order valence-electron chi connectivity index (χ1n) is 9.92. The first-order chi connectivity index (χ1) is 14.2. The zero-order valence-corrected chi connectivity index (χ0v) is 16.0. The van der Waals surface area contributed by atoms with Gasteiger partial charge in [-0.3, -0.25) is 0 Å². The molecular formula is C22H24O6. The molecule has 6 nitrogen and oxygen atoms in total. The Labute approximate surface area is 167 Å². The first-order valence-corrected chi connectivity index (χ1v) is 8.92. The Morgan fingerprint density at radius 3 is 2.07 bits per heavy atom. The van der Waals surface area contributed by atoms with E-state index in [2.05, 4.69) is 0 Å². The fraction of sp³-hybridized carbons (Fsp3) is 0.364. The van der Waals surface area contributed by atoms with Gasteiger partial charge in [0.1, 0.15) is 18.8 Å². The van der Waals surface area contributed by atoms with Crippen LogP contribution in [0.5, 0.6) is 0 Å². The maximum absolute atomic E-state index is 12.5. The van der Waals surface area contributed by atoms with E-state index in [1.54, 1.807) is 48.5 Å². The van der Waals surface area contributed by atoms with Crippen molar-refractivity contribution in [1.29, 1.82) is 0 Å². The molecule has 1 aliphatic heterocycles. The van der Waals surface area contributed by atoms with E-state index < -0.39 is 36.8 Å². The van der Waals surface area contributed by atoms with Gasteiger partial charge in [-0.25, -0.2) is 9.59 Å². The average molecular weight is 386 g/mol. The van der Waals surface area contributed by atoms with Crippen LogP contribution in [0.2, 0.25) is 0 Å². The molecule has 0 radical (unpaired) electrons. The van der Waals surface area contributed by atoms with E-state index in [1.807, 2.05) is 13.8 Å². The molecule has 3 atom stereocenters. The van der Waals surface area contributed by atoms with Crippen molar-refractivity contribution in [2.45, 2.75) is 38.7 Å². The number of carbonyl (C=O) groups is 2. The van der Waals surface area contributed by atoms with Crippen molar-refractivity contribution in [3.8, 4) is 0 Å². The summed E-state index contributed by atoms with van der Waals surface area (Å²) in [6.45, 7) is 3.50. The Kier molecular flexibility index (Phi) is 5.59. The molecule has 2 aromatic carbocycles. The Morgan fingerprint density at radius 1 is 1.00 bits per heavy atom. The van der Waals surface area contributed by atoms with Gasteiger partial charge in [-0.2, -0.15) is 0 Å². The zero-order valence-electron chi connectivity index (χ0n) is 18.0. The third-order valence-corrected chi connectivity index (χ3v) is 4.34. The zero-order chi connectivity index (χ0) is 21.9. The Bertz CT molecular complexity index is 895. The monoisotopic (exact) mass is 386 g/mol. The van der Waals surface area contributed by atoms with Gasteiger partial charge in [0, 0.05) is 16.2 Å². The highest BCUT2D eigenvalue weighted by atomic mass is 16.7. The number of ether oxygens (including phenoxy) is 4. The van der Waals surface area contributed by atoms with Gasteiger partial charge >= 0.3 is 11.9 Å². The highest BCUT2D eigenvalue weighted by molar-refractivity contribution is 5.90. The van der Waals surface area contributed by atoms with E-state index >= 15 is 0 Å². The van der Waals surface area contributed by atoms with Gasteiger partial charge in [-0.1, -0.05) is 35.4 Å². The van der Waals surface area contributed by atoms with Crippen molar-refractivity contribution in [3.63, 3.8) is 0 Å². The van der Waals surface area contributed by atoms with Crippen molar-refractivity contribution >= 4 is 11.9 Å². The van der Waals surface area contributed by atoms with Crippen molar-refractivity contribution in [3.05, 3.63) is 70.8 Å². The smallest absolute Gasteiger partial charge is 0.338 e. The summed E-state index contributed by atoms with van der Waals surface area (Å²) >= 11 is 0. The minimum absolute atomic E-state index is 0.285. The van der Waals surface area contributed by atoms with Gasteiger partial charge in [0.2, 0.25) is 0 Å². The van der Waals surface area contributed by atoms with E-state index in [0.29, 0.717) is 5.56 Å². The molecule has 3 rings (SSSR count). The second-order valence-electron chi connectivity index (χ2n) is 6.57. The summed E-state index contributed by atoms with van der Waals surface area (Å²) < 4.78 is 37.9. The summed E-state index contributed by atoms with van der Waals surface area (Å²) in [6.07, 6.45) is -5.73. The fourth-order valence-electron chi connectivity index (χ4n) is 2.67. The Morgan fingerprint density at radius 2 is 1.54 bits per heavy atom. The molecule has 1 saturated heterocycles. The van der Waals surface area contributed by atoms with Crippen molar-refractivity contribution < 1.29 is 31.3 Å². The van der Waals surface area contributed by atoms with Crippen LogP contribution in [0.3, 0.4) is 0 Å². The molecule has 0 saturated carbocycles. The highest BCUT2D eigenvalue weighted by Crippen LogP contribution is 2.25. The number of benzene rings is 2. The number of methoxy groups -OCH3 is 1. The molecule has 0 aromatic heterocycles.